The minimum absolute atomic E-state index is 0.114. The molecule has 1 saturated heterocycles. The standard InChI is InChI=1S/C17H25NO3/c1-13-7-8-15(17(11-13)21-2)16(20)12-18-9-3-5-14(18)6-4-10-19/h7-8,11,14,19H,3-6,9-10,12H2,1-2H3. The number of rotatable bonds is 7. The van der Waals surface area contributed by atoms with Gasteiger partial charge in [-0.25, -0.2) is 0 Å². The van der Waals surface area contributed by atoms with Crippen molar-refractivity contribution in [1.29, 1.82) is 0 Å². The number of hydrogen-bond donors (Lipinski definition) is 1. The second kappa shape index (κ2) is 7.57. The minimum atomic E-state index is 0.114. The normalized spacial score (nSPS) is 18.9. The second-order valence-corrected chi connectivity index (χ2v) is 5.76. The molecule has 2 rings (SSSR count). The molecule has 1 heterocycles. The van der Waals surface area contributed by atoms with Gasteiger partial charge in [-0.15, -0.1) is 0 Å². The number of methoxy groups -OCH3 is 1. The molecule has 0 aliphatic carbocycles. The Balaban J connectivity index is 2.03. The molecule has 4 heteroatoms. The van der Waals surface area contributed by atoms with Crippen molar-refractivity contribution in [3.63, 3.8) is 0 Å². The van der Waals surface area contributed by atoms with Crippen LogP contribution in [-0.4, -0.2) is 48.6 Å². The van der Waals surface area contributed by atoms with E-state index in [0.29, 0.717) is 23.9 Å². The Morgan fingerprint density at radius 1 is 1.48 bits per heavy atom. The van der Waals surface area contributed by atoms with E-state index in [1.165, 1.54) is 0 Å². The first-order valence-corrected chi connectivity index (χ1v) is 7.68. The lowest BCUT2D eigenvalue weighted by Crippen LogP contribution is -2.34. The molecule has 0 radical (unpaired) electrons. The van der Waals surface area contributed by atoms with Crippen LogP contribution in [0.2, 0.25) is 0 Å². The van der Waals surface area contributed by atoms with Gasteiger partial charge in [-0.2, -0.15) is 0 Å². The van der Waals surface area contributed by atoms with Crippen molar-refractivity contribution in [2.24, 2.45) is 0 Å². The Hall–Kier alpha value is -1.39. The summed E-state index contributed by atoms with van der Waals surface area (Å²) < 4.78 is 5.33. The van der Waals surface area contributed by atoms with Gasteiger partial charge in [0, 0.05) is 12.6 Å². The molecular formula is C17H25NO3. The summed E-state index contributed by atoms with van der Waals surface area (Å²) in [6.07, 6.45) is 4.03. The Morgan fingerprint density at radius 2 is 2.29 bits per heavy atom. The average Bonchev–Trinajstić information content (AvgIpc) is 2.91. The van der Waals surface area contributed by atoms with Crippen LogP contribution in [0.1, 0.15) is 41.6 Å². The van der Waals surface area contributed by atoms with Gasteiger partial charge in [0.25, 0.3) is 0 Å². The van der Waals surface area contributed by atoms with E-state index >= 15 is 0 Å². The summed E-state index contributed by atoms with van der Waals surface area (Å²) >= 11 is 0. The van der Waals surface area contributed by atoms with E-state index in [1.807, 2.05) is 25.1 Å². The zero-order valence-electron chi connectivity index (χ0n) is 13.0. The predicted octanol–water partition coefficient (Wildman–Crippen LogP) is 2.42. The van der Waals surface area contributed by atoms with Gasteiger partial charge < -0.3 is 9.84 Å². The highest BCUT2D eigenvalue weighted by Crippen LogP contribution is 2.24. The molecule has 1 N–H and O–H groups in total. The van der Waals surface area contributed by atoms with E-state index in [-0.39, 0.29) is 12.4 Å². The summed E-state index contributed by atoms with van der Waals surface area (Å²) in [5.41, 5.74) is 1.75. The molecule has 1 aromatic rings. The van der Waals surface area contributed by atoms with E-state index in [4.69, 9.17) is 9.84 Å². The van der Waals surface area contributed by atoms with Crippen LogP contribution in [0.5, 0.6) is 5.75 Å². The lowest BCUT2D eigenvalue weighted by atomic mass is 10.1. The Kier molecular flexibility index (Phi) is 5.76. The second-order valence-electron chi connectivity index (χ2n) is 5.76. The number of carbonyl (C=O) groups is 1. The van der Waals surface area contributed by atoms with E-state index in [9.17, 15) is 4.79 Å². The number of aryl methyl sites for hydroxylation is 1. The molecule has 1 aromatic carbocycles. The third-order valence-electron chi connectivity index (χ3n) is 4.20. The van der Waals surface area contributed by atoms with Crippen LogP contribution in [0.3, 0.4) is 0 Å². The van der Waals surface area contributed by atoms with Gasteiger partial charge in [-0.3, -0.25) is 9.69 Å². The molecule has 1 aliphatic heterocycles. The number of aliphatic hydroxyl groups excluding tert-OH is 1. The van der Waals surface area contributed by atoms with E-state index in [2.05, 4.69) is 4.90 Å². The lowest BCUT2D eigenvalue weighted by molar-refractivity contribution is 0.0913. The lowest BCUT2D eigenvalue weighted by Gasteiger charge is -2.23. The van der Waals surface area contributed by atoms with E-state index in [1.54, 1.807) is 7.11 Å². The number of benzene rings is 1. The number of hydrogen-bond acceptors (Lipinski definition) is 4. The van der Waals surface area contributed by atoms with Crippen LogP contribution in [-0.2, 0) is 0 Å². The zero-order valence-corrected chi connectivity index (χ0v) is 13.0. The van der Waals surface area contributed by atoms with Crippen molar-refractivity contribution in [2.75, 3.05) is 26.8 Å². The van der Waals surface area contributed by atoms with Gasteiger partial charge in [-0.05, 0) is 56.8 Å². The predicted molar refractivity (Wildman–Crippen MR) is 83.0 cm³/mol. The van der Waals surface area contributed by atoms with Gasteiger partial charge in [-0.1, -0.05) is 6.07 Å². The third kappa shape index (κ3) is 4.05. The maximum absolute atomic E-state index is 12.5. The fourth-order valence-electron chi connectivity index (χ4n) is 3.06. The quantitative estimate of drug-likeness (QED) is 0.784. The first-order valence-electron chi connectivity index (χ1n) is 7.68. The van der Waals surface area contributed by atoms with Gasteiger partial charge in [0.05, 0.1) is 19.2 Å². The monoisotopic (exact) mass is 291 g/mol. The number of ketones is 1. The number of aliphatic hydroxyl groups is 1. The maximum atomic E-state index is 12.5. The van der Waals surface area contributed by atoms with Gasteiger partial charge >= 0.3 is 0 Å². The number of ether oxygens (including phenoxy) is 1. The van der Waals surface area contributed by atoms with Gasteiger partial charge in [0.2, 0.25) is 0 Å². The van der Waals surface area contributed by atoms with Crippen molar-refractivity contribution >= 4 is 5.78 Å². The summed E-state index contributed by atoms with van der Waals surface area (Å²) in [4.78, 5) is 14.8. The van der Waals surface area contributed by atoms with Crippen molar-refractivity contribution in [2.45, 2.75) is 38.6 Å². The van der Waals surface area contributed by atoms with E-state index < -0.39 is 0 Å². The Labute approximate surface area is 126 Å². The van der Waals surface area contributed by atoms with Crippen LogP contribution in [0, 0.1) is 6.92 Å². The minimum Gasteiger partial charge on any atom is -0.496 e. The summed E-state index contributed by atoms with van der Waals surface area (Å²) in [5, 5.41) is 8.97. The average molecular weight is 291 g/mol. The molecule has 0 amide bonds. The zero-order chi connectivity index (χ0) is 15.2. The summed E-state index contributed by atoms with van der Waals surface area (Å²) in [7, 11) is 1.60. The third-order valence-corrected chi connectivity index (χ3v) is 4.20. The molecular weight excluding hydrogens is 266 g/mol. The fraction of sp³-hybridized carbons (Fsp3) is 0.588. The van der Waals surface area contributed by atoms with Crippen LogP contribution >= 0.6 is 0 Å². The smallest absolute Gasteiger partial charge is 0.180 e. The topological polar surface area (TPSA) is 49.8 Å². The molecule has 21 heavy (non-hydrogen) atoms. The number of nitrogens with zero attached hydrogens (tertiary/aromatic N) is 1. The molecule has 0 spiro atoms. The fourth-order valence-corrected chi connectivity index (χ4v) is 3.06. The molecule has 0 bridgehead atoms. The molecule has 1 aliphatic rings. The molecule has 116 valence electrons. The molecule has 1 fully saturated rings. The van der Waals surface area contributed by atoms with Gasteiger partial charge in [0.15, 0.2) is 5.78 Å². The molecule has 4 nitrogen and oxygen atoms in total. The molecule has 1 unspecified atom stereocenters. The van der Waals surface area contributed by atoms with Crippen LogP contribution < -0.4 is 4.74 Å². The summed E-state index contributed by atoms with van der Waals surface area (Å²) in [5.74, 6) is 0.772. The SMILES string of the molecule is COc1cc(C)ccc1C(=O)CN1CCCC1CCCO. The number of carbonyl (C=O) groups excluding carboxylic acids is 1. The van der Waals surface area contributed by atoms with Crippen molar-refractivity contribution in [3.8, 4) is 5.75 Å². The summed E-state index contributed by atoms with van der Waals surface area (Å²) in [6, 6.07) is 6.14. The first-order chi connectivity index (χ1) is 10.2. The van der Waals surface area contributed by atoms with Crippen molar-refractivity contribution < 1.29 is 14.6 Å². The van der Waals surface area contributed by atoms with Crippen LogP contribution in [0.25, 0.3) is 0 Å². The number of likely N-dealkylation sites (tertiary alicyclic amines) is 1. The highest BCUT2D eigenvalue weighted by Gasteiger charge is 2.26. The Bertz CT molecular complexity index is 487. The Morgan fingerprint density at radius 3 is 3.00 bits per heavy atom. The molecule has 1 atom stereocenters. The number of Topliss-reactive ketones (excluding diaryl/α,β-unsaturated/α-hetero) is 1. The van der Waals surface area contributed by atoms with Crippen LogP contribution in [0.15, 0.2) is 18.2 Å². The van der Waals surface area contributed by atoms with Crippen molar-refractivity contribution in [1.82, 2.24) is 4.90 Å². The van der Waals surface area contributed by atoms with E-state index in [0.717, 1.165) is 37.8 Å². The molecule has 0 saturated carbocycles. The summed E-state index contributed by atoms with van der Waals surface area (Å²) in [6.45, 7) is 3.62. The highest BCUT2D eigenvalue weighted by atomic mass is 16.5. The maximum Gasteiger partial charge on any atom is 0.180 e. The highest BCUT2D eigenvalue weighted by molar-refractivity contribution is 6.00. The molecule has 0 aromatic heterocycles. The first kappa shape index (κ1) is 16.0. The van der Waals surface area contributed by atoms with Crippen molar-refractivity contribution in [3.05, 3.63) is 29.3 Å². The largest absolute Gasteiger partial charge is 0.496 e. The van der Waals surface area contributed by atoms with Gasteiger partial charge in [0.1, 0.15) is 5.75 Å². The van der Waals surface area contributed by atoms with Crippen LogP contribution in [0.4, 0.5) is 0 Å².